The van der Waals surface area contributed by atoms with E-state index in [4.69, 9.17) is 11.6 Å². The first-order chi connectivity index (χ1) is 10.7. The van der Waals surface area contributed by atoms with E-state index in [2.05, 4.69) is 15.2 Å². The summed E-state index contributed by atoms with van der Waals surface area (Å²) in [4.78, 5) is 6.21. The van der Waals surface area contributed by atoms with E-state index in [-0.39, 0.29) is 30.9 Å². The fourth-order valence-electron chi connectivity index (χ4n) is 2.81. The lowest BCUT2D eigenvalue weighted by atomic mass is 10.0. The summed E-state index contributed by atoms with van der Waals surface area (Å²) in [6.07, 6.45) is 2.72. The molecule has 2 aromatic rings. The van der Waals surface area contributed by atoms with E-state index in [9.17, 15) is 8.78 Å². The first-order valence-electron chi connectivity index (χ1n) is 7.16. The van der Waals surface area contributed by atoms with Crippen LogP contribution in [-0.2, 0) is 6.54 Å². The molecule has 1 aromatic carbocycles. The minimum atomic E-state index is -2.57. The maximum Gasteiger partial charge on any atom is 0.319 e. The number of hydrogen-bond acceptors (Lipinski definition) is 3. The fourth-order valence-corrected chi connectivity index (χ4v) is 3.08. The highest BCUT2D eigenvalue weighted by Gasteiger charge is 2.27. The van der Waals surface area contributed by atoms with Crippen molar-refractivity contribution in [2.75, 3.05) is 19.6 Å². The van der Waals surface area contributed by atoms with Crippen LogP contribution in [0.4, 0.5) is 8.78 Å². The molecule has 1 aromatic heterocycles. The minimum Gasteiger partial charge on any atom is -0.314 e. The fraction of sp³-hybridized carbons (Fsp3) is 0.400. The zero-order valence-corrected chi connectivity index (χ0v) is 15.1. The number of halogens is 5. The van der Waals surface area contributed by atoms with Crippen molar-refractivity contribution in [1.82, 2.24) is 19.8 Å². The van der Waals surface area contributed by atoms with E-state index in [1.54, 1.807) is 0 Å². The molecular formula is C15H19Cl3F2N4. The Hall–Kier alpha value is -0.920. The van der Waals surface area contributed by atoms with Crippen molar-refractivity contribution in [3.05, 3.63) is 53.1 Å². The zero-order valence-electron chi connectivity index (χ0n) is 12.7. The normalized spacial score (nSPS) is 18.1. The van der Waals surface area contributed by atoms with Crippen LogP contribution in [0.2, 0.25) is 5.02 Å². The van der Waals surface area contributed by atoms with E-state index < -0.39 is 6.55 Å². The van der Waals surface area contributed by atoms with Crippen LogP contribution in [0.1, 0.15) is 24.0 Å². The predicted octanol–water partition coefficient (Wildman–Crippen LogP) is 3.92. The molecule has 0 aliphatic carbocycles. The van der Waals surface area contributed by atoms with Gasteiger partial charge >= 0.3 is 6.55 Å². The molecule has 2 heterocycles. The molecule has 1 saturated heterocycles. The van der Waals surface area contributed by atoms with Crippen LogP contribution in [0.5, 0.6) is 0 Å². The van der Waals surface area contributed by atoms with Gasteiger partial charge in [0.2, 0.25) is 0 Å². The monoisotopic (exact) mass is 398 g/mol. The number of nitrogens with one attached hydrogen (secondary N) is 1. The molecule has 1 atom stereocenters. The summed E-state index contributed by atoms with van der Waals surface area (Å²) in [7, 11) is 0. The summed E-state index contributed by atoms with van der Waals surface area (Å²) in [5.74, 6) is 0.369. The van der Waals surface area contributed by atoms with E-state index in [1.807, 2.05) is 24.3 Å². The van der Waals surface area contributed by atoms with Gasteiger partial charge in [0.15, 0.2) is 0 Å². The number of piperazine rings is 1. The molecule has 134 valence electrons. The Morgan fingerprint density at radius 3 is 2.75 bits per heavy atom. The van der Waals surface area contributed by atoms with E-state index in [0.29, 0.717) is 17.4 Å². The van der Waals surface area contributed by atoms with Gasteiger partial charge in [-0.15, -0.1) is 24.8 Å². The molecule has 9 heteroatoms. The average Bonchev–Trinajstić information content (AvgIpc) is 2.97. The second-order valence-corrected chi connectivity index (χ2v) is 5.65. The average molecular weight is 400 g/mol. The van der Waals surface area contributed by atoms with Crippen LogP contribution in [0.3, 0.4) is 0 Å². The summed E-state index contributed by atoms with van der Waals surface area (Å²) < 4.78 is 26.8. The van der Waals surface area contributed by atoms with E-state index >= 15 is 0 Å². The Bertz CT molecular complexity index is 639. The quantitative estimate of drug-likeness (QED) is 0.846. The maximum absolute atomic E-state index is 13.0. The summed E-state index contributed by atoms with van der Waals surface area (Å²) in [6.45, 7) is 0.107. The van der Waals surface area contributed by atoms with Crippen LogP contribution in [0, 0.1) is 0 Å². The first-order valence-corrected chi connectivity index (χ1v) is 7.53. The van der Waals surface area contributed by atoms with Gasteiger partial charge in [0, 0.05) is 43.1 Å². The highest BCUT2D eigenvalue weighted by Crippen LogP contribution is 2.29. The Labute approximate surface area is 157 Å². The van der Waals surface area contributed by atoms with Crippen molar-refractivity contribution >= 4 is 36.4 Å². The smallest absolute Gasteiger partial charge is 0.314 e. The van der Waals surface area contributed by atoms with Crippen molar-refractivity contribution in [3.8, 4) is 0 Å². The van der Waals surface area contributed by atoms with Gasteiger partial charge in [-0.25, -0.2) is 4.98 Å². The van der Waals surface area contributed by atoms with Crippen LogP contribution in [0.25, 0.3) is 0 Å². The Morgan fingerprint density at radius 2 is 2.04 bits per heavy atom. The van der Waals surface area contributed by atoms with Gasteiger partial charge in [0.25, 0.3) is 0 Å². The molecule has 0 saturated carbocycles. The molecule has 0 radical (unpaired) electrons. The Morgan fingerprint density at radius 1 is 1.29 bits per heavy atom. The molecule has 1 fully saturated rings. The number of nitrogens with zero attached hydrogens (tertiary/aromatic N) is 3. The lowest BCUT2D eigenvalue weighted by Gasteiger charge is -2.36. The topological polar surface area (TPSA) is 33.1 Å². The Balaban J connectivity index is 0.00000144. The van der Waals surface area contributed by atoms with E-state index in [1.165, 1.54) is 12.4 Å². The summed E-state index contributed by atoms with van der Waals surface area (Å²) in [6, 6.07) is 7.70. The van der Waals surface area contributed by atoms with Crippen LogP contribution in [0.15, 0.2) is 36.7 Å². The number of rotatable bonds is 4. The van der Waals surface area contributed by atoms with Crippen molar-refractivity contribution < 1.29 is 8.78 Å². The van der Waals surface area contributed by atoms with Gasteiger partial charge in [0.1, 0.15) is 5.82 Å². The summed E-state index contributed by atoms with van der Waals surface area (Å²) in [5.41, 5.74) is 1.01. The van der Waals surface area contributed by atoms with Gasteiger partial charge in [-0.3, -0.25) is 9.47 Å². The highest BCUT2D eigenvalue weighted by molar-refractivity contribution is 6.31. The standard InChI is InChI=1S/C15H17ClF2N4.2ClH/c16-12-4-2-1-3-11(12)13-9-19-5-7-21(13)10-14-20-6-8-22(14)15(17)18;;/h1-4,6,8,13,15,19H,5,7,9-10H2;2*1H. The van der Waals surface area contributed by atoms with Gasteiger partial charge in [-0.05, 0) is 11.6 Å². The van der Waals surface area contributed by atoms with Crippen LogP contribution < -0.4 is 5.32 Å². The van der Waals surface area contributed by atoms with Gasteiger partial charge in [0.05, 0.1) is 6.54 Å². The lowest BCUT2D eigenvalue weighted by molar-refractivity contribution is 0.0605. The molecule has 4 nitrogen and oxygen atoms in total. The predicted molar refractivity (Wildman–Crippen MR) is 95.4 cm³/mol. The van der Waals surface area contributed by atoms with Gasteiger partial charge in [-0.2, -0.15) is 8.78 Å². The molecule has 3 rings (SSSR count). The number of imidazole rings is 1. The van der Waals surface area contributed by atoms with E-state index in [0.717, 1.165) is 29.8 Å². The zero-order chi connectivity index (χ0) is 15.5. The number of aromatic nitrogens is 2. The molecule has 1 unspecified atom stereocenters. The van der Waals surface area contributed by atoms with Crippen LogP contribution >= 0.6 is 36.4 Å². The summed E-state index contributed by atoms with van der Waals surface area (Å²) >= 11 is 6.29. The molecule has 0 bridgehead atoms. The number of hydrogen-bond donors (Lipinski definition) is 1. The lowest BCUT2D eigenvalue weighted by Crippen LogP contribution is -2.46. The Kier molecular flexibility index (Phi) is 8.39. The third-order valence-corrected chi connectivity index (χ3v) is 4.27. The van der Waals surface area contributed by atoms with Crippen LogP contribution in [-0.4, -0.2) is 34.1 Å². The van der Waals surface area contributed by atoms with Crippen molar-refractivity contribution in [1.29, 1.82) is 0 Å². The molecule has 1 aliphatic rings. The first kappa shape index (κ1) is 21.1. The molecule has 0 spiro atoms. The minimum absolute atomic E-state index is 0. The molecule has 1 N–H and O–H groups in total. The largest absolute Gasteiger partial charge is 0.319 e. The number of alkyl halides is 2. The number of benzene rings is 1. The SMILES string of the molecule is Cl.Cl.FC(F)n1ccnc1CN1CCNCC1c1ccccc1Cl. The second kappa shape index (κ2) is 9.53. The molecule has 1 aliphatic heterocycles. The third-order valence-electron chi connectivity index (χ3n) is 3.92. The maximum atomic E-state index is 13.0. The summed E-state index contributed by atoms with van der Waals surface area (Å²) in [5, 5.41) is 4.02. The van der Waals surface area contributed by atoms with Crippen molar-refractivity contribution in [2.45, 2.75) is 19.1 Å². The third kappa shape index (κ3) is 4.58. The molecule has 0 amide bonds. The van der Waals surface area contributed by atoms with Gasteiger partial charge in [-0.1, -0.05) is 29.8 Å². The molecular weight excluding hydrogens is 381 g/mol. The van der Waals surface area contributed by atoms with Crippen molar-refractivity contribution in [2.24, 2.45) is 0 Å². The van der Waals surface area contributed by atoms with Gasteiger partial charge < -0.3 is 5.32 Å². The second-order valence-electron chi connectivity index (χ2n) is 5.24. The highest BCUT2D eigenvalue weighted by atomic mass is 35.5. The molecule has 24 heavy (non-hydrogen) atoms. The van der Waals surface area contributed by atoms with Crippen molar-refractivity contribution in [3.63, 3.8) is 0 Å².